The highest BCUT2D eigenvalue weighted by Crippen LogP contribution is 2.29. The van der Waals surface area contributed by atoms with E-state index < -0.39 is 10.0 Å². The van der Waals surface area contributed by atoms with Crippen molar-refractivity contribution in [1.82, 2.24) is 9.97 Å². The largest absolute Gasteiger partial charge is 0.497 e. The van der Waals surface area contributed by atoms with Gasteiger partial charge in [0.1, 0.15) is 10.6 Å². The second-order valence-electron chi connectivity index (χ2n) is 3.94. The van der Waals surface area contributed by atoms with Gasteiger partial charge in [-0.2, -0.15) is 0 Å². The molecule has 0 atom stereocenters. The molecule has 0 spiro atoms. The van der Waals surface area contributed by atoms with Crippen LogP contribution in [0.15, 0.2) is 40.0 Å². The Bertz CT molecular complexity index is 735. The number of methoxy groups -OCH3 is 1. The highest BCUT2D eigenvalue weighted by atomic mass is 79.9. The van der Waals surface area contributed by atoms with Crippen LogP contribution in [0.5, 0.6) is 5.75 Å². The summed E-state index contributed by atoms with van der Waals surface area (Å²) in [6, 6.07) is 4.98. The molecule has 0 aliphatic rings. The third kappa shape index (κ3) is 3.61. The predicted octanol–water partition coefficient (Wildman–Crippen LogP) is 2.09. The van der Waals surface area contributed by atoms with Crippen LogP contribution in [-0.4, -0.2) is 32.5 Å². The fourth-order valence-corrected chi connectivity index (χ4v) is 2.93. The molecule has 0 unspecified atom stereocenters. The lowest BCUT2D eigenvalue weighted by Gasteiger charge is -2.11. The van der Waals surface area contributed by atoms with Crippen LogP contribution >= 0.6 is 15.9 Å². The molecule has 0 aliphatic carbocycles. The first-order valence-electron chi connectivity index (χ1n) is 5.82. The molecule has 0 saturated carbocycles. The first kappa shape index (κ1) is 15.5. The molecule has 1 aromatic carbocycles. The van der Waals surface area contributed by atoms with E-state index in [-0.39, 0.29) is 4.90 Å². The van der Waals surface area contributed by atoms with Gasteiger partial charge in [0.15, 0.2) is 0 Å². The van der Waals surface area contributed by atoms with Crippen molar-refractivity contribution in [1.29, 1.82) is 0 Å². The second-order valence-corrected chi connectivity index (χ2v) is 6.48. The highest BCUT2D eigenvalue weighted by Gasteiger charge is 2.17. The van der Waals surface area contributed by atoms with E-state index in [0.717, 1.165) is 0 Å². The van der Waals surface area contributed by atoms with Gasteiger partial charge in [0, 0.05) is 17.6 Å². The highest BCUT2D eigenvalue weighted by molar-refractivity contribution is 9.10. The van der Waals surface area contributed by atoms with Crippen molar-refractivity contribution < 1.29 is 13.2 Å². The Labute approximate surface area is 130 Å². The van der Waals surface area contributed by atoms with Crippen molar-refractivity contribution in [3.8, 4) is 5.75 Å². The van der Waals surface area contributed by atoms with Crippen LogP contribution in [0.2, 0.25) is 0 Å². The number of rotatable bonds is 5. The summed E-state index contributed by atoms with van der Waals surface area (Å²) in [7, 11) is -0.620. The molecule has 2 rings (SSSR count). The van der Waals surface area contributed by atoms with E-state index in [1.165, 1.54) is 19.5 Å². The van der Waals surface area contributed by atoms with Gasteiger partial charge in [0.2, 0.25) is 5.95 Å². The maximum absolute atomic E-state index is 12.3. The maximum Gasteiger partial charge on any atom is 0.265 e. The minimum Gasteiger partial charge on any atom is -0.497 e. The second kappa shape index (κ2) is 6.27. The molecule has 0 aliphatic heterocycles. The van der Waals surface area contributed by atoms with Crippen molar-refractivity contribution in [2.24, 2.45) is 0 Å². The number of nitrogens with one attached hydrogen (secondary N) is 2. The molecular formula is C12H13BrN4O3S. The first-order valence-corrected chi connectivity index (χ1v) is 8.10. The van der Waals surface area contributed by atoms with E-state index in [4.69, 9.17) is 4.74 Å². The van der Waals surface area contributed by atoms with Crippen LogP contribution in [0.4, 0.5) is 11.6 Å². The Hall–Kier alpha value is -1.87. The summed E-state index contributed by atoms with van der Waals surface area (Å²) in [6.07, 6.45) is 2.46. The van der Waals surface area contributed by atoms with Gasteiger partial charge in [0.25, 0.3) is 10.0 Å². The van der Waals surface area contributed by atoms with Gasteiger partial charge in [-0.05, 0) is 28.1 Å². The van der Waals surface area contributed by atoms with Crippen LogP contribution in [0, 0.1) is 0 Å². The monoisotopic (exact) mass is 372 g/mol. The Morgan fingerprint density at radius 1 is 1.24 bits per heavy atom. The fourth-order valence-electron chi connectivity index (χ4n) is 1.50. The zero-order valence-corrected chi connectivity index (χ0v) is 13.7. The number of ether oxygens (including phenoxy) is 1. The summed E-state index contributed by atoms with van der Waals surface area (Å²) in [6.45, 7) is 0. The summed E-state index contributed by atoms with van der Waals surface area (Å²) < 4.78 is 32.7. The topological polar surface area (TPSA) is 93.2 Å². The average Bonchev–Trinajstić information content (AvgIpc) is 2.49. The van der Waals surface area contributed by atoms with Crippen LogP contribution < -0.4 is 14.8 Å². The molecule has 0 radical (unpaired) electrons. The fraction of sp³-hybridized carbons (Fsp3) is 0.167. The summed E-state index contributed by atoms with van der Waals surface area (Å²) in [5, 5.41) is 2.72. The molecule has 1 heterocycles. The first-order chi connectivity index (χ1) is 9.96. The molecule has 1 aromatic heterocycles. The van der Waals surface area contributed by atoms with Gasteiger partial charge in [-0.1, -0.05) is 0 Å². The minimum atomic E-state index is -3.77. The van der Waals surface area contributed by atoms with Crippen LogP contribution in [0.3, 0.4) is 0 Å². The van der Waals surface area contributed by atoms with Gasteiger partial charge in [-0.3, -0.25) is 4.72 Å². The number of hydrogen-bond acceptors (Lipinski definition) is 6. The van der Waals surface area contributed by atoms with Crippen LogP contribution in [0.1, 0.15) is 0 Å². The van der Waals surface area contributed by atoms with Crippen LogP contribution in [0.25, 0.3) is 0 Å². The average molecular weight is 373 g/mol. The lowest BCUT2D eigenvalue weighted by Crippen LogP contribution is -2.14. The summed E-state index contributed by atoms with van der Waals surface area (Å²) >= 11 is 3.28. The van der Waals surface area contributed by atoms with E-state index in [1.54, 1.807) is 25.2 Å². The Morgan fingerprint density at radius 2 is 1.90 bits per heavy atom. The van der Waals surface area contributed by atoms with Gasteiger partial charge in [-0.15, -0.1) is 0 Å². The predicted molar refractivity (Wildman–Crippen MR) is 83.1 cm³/mol. The zero-order valence-electron chi connectivity index (χ0n) is 11.3. The van der Waals surface area contributed by atoms with E-state index >= 15 is 0 Å². The quantitative estimate of drug-likeness (QED) is 0.834. The molecule has 112 valence electrons. The smallest absolute Gasteiger partial charge is 0.265 e. The van der Waals surface area contributed by atoms with Gasteiger partial charge in [0.05, 0.1) is 25.2 Å². The molecule has 2 N–H and O–H groups in total. The number of sulfonamides is 1. The number of anilines is 2. The molecular weight excluding hydrogens is 360 g/mol. The number of benzene rings is 1. The third-order valence-corrected chi connectivity index (χ3v) is 4.59. The van der Waals surface area contributed by atoms with Crippen molar-refractivity contribution >= 4 is 37.6 Å². The van der Waals surface area contributed by atoms with Crippen molar-refractivity contribution in [3.63, 3.8) is 0 Å². The molecule has 21 heavy (non-hydrogen) atoms. The summed E-state index contributed by atoms with van der Waals surface area (Å²) in [5.41, 5.74) is 0.368. The lowest BCUT2D eigenvalue weighted by atomic mass is 10.3. The van der Waals surface area contributed by atoms with Crippen LogP contribution in [-0.2, 0) is 10.0 Å². The number of nitrogens with zero attached hydrogens (tertiary/aromatic N) is 2. The standard InChI is InChI=1S/C12H13BrN4O3S/c1-14-12-15-6-9(7-16-12)21(18,19)17-11-5-8(20-2)3-4-10(11)13/h3-7,17H,1-2H3,(H,14,15,16). The summed E-state index contributed by atoms with van der Waals surface area (Å²) in [5.74, 6) is 0.884. The molecule has 0 fully saturated rings. The number of halogens is 1. The van der Waals surface area contributed by atoms with E-state index in [2.05, 4.69) is 35.9 Å². The van der Waals surface area contributed by atoms with E-state index in [0.29, 0.717) is 21.9 Å². The van der Waals surface area contributed by atoms with Gasteiger partial charge >= 0.3 is 0 Å². The molecule has 0 saturated heterocycles. The Kier molecular flexibility index (Phi) is 4.63. The number of aromatic nitrogens is 2. The minimum absolute atomic E-state index is 0.0313. The normalized spacial score (nSPS) is 11.0. The van der Waals surface area contributed by atoms with E-state index in [1.807, 2.05) is 0 Å². The van der Waals surface area contributed by atoms with E-state index in [9.17, 15) is 8.42 Å². The van der Waals surface area contributed by atoms with Gasteiger partial charge in [-0.25, -0.2) is 18.4 Å². The lowest BCUT2D eigenvalue weighted by molar-refractivity contribution is 0.415. The molecule has 0 amide bonds. The molecule has 0 bridgehead atoms. The zero-order chi connectivity index (χ0) is 15.5. The van der Waals surface area contributed by atoms with Gasteiger partial charge < -0.3 is 10.1 Å². The maximum atomic E-state index is 12.3. The Morgan fingerprint density at radius 3 is 2.48 bits per heavy atom. The van der Waals surface area contributed by atoms with Crippen molar-refractivity contribution in [2.75, 3.05) is 24.2 Å². The molecule has 9 heteroatoms. The SMILES string of the molecule is CNc1ncc(S(=O)(=O)Nc2cc(OC)ccc2Br)cn1. The van der Waals surface area contributed by atoms with Crippen molar-refractivity contribution in [3.05, 3.63) is 35.1 Å². The summed E-state index contributed by atoms with van der Waals surface area (Å²) in [4.78, 5) is 7.74. The molecule has 7 nitrogen and oxygen atoms in total. The van der Waals surface area contributed by atoms with Crippen molar-refractivity contribution in [2.45, 2.75) is 4.90 Å². The molecule has 2 aromatic rings. The Balaban J connectivity index is 2.32. The third-order valence-electron chi connectivity index (χ3n) is 2.58. The number of hydrogen-bond donors (Lipinski definition) is 2.